The van der Waals surface area contributed by atoms with Crippen LogP contribution in [0.5, 0.6) is 0 Å². The maximum absolute atomic E-state index is 14.7. The van der Waals surface area contributed by atoms with Gasteiger partial charge in [0.1, 0.15) is 22.9 Å². The summed E-state index contributed by atoms with van der Waals surface area (Å²) in [6.07, 6.45) is 6.22. The fraction of sp³-hybridized carbons (Fsp3) is 0.119. The van der Waals surface area contributed by atoms with Crippen LogP contribution in [0.3, 0.4) is 0 Å². The lowest BCUT2D eigenvalue weighted by Crippen LogP contribution is -2.36. The summed E-state index contributed by atoms with van der Waals surface area (Å²) >= 11 is 6.25. The zero-order valence-electron chi connectivity index (χ0n) is 28.8. The number of alkyl halides is 2. The van der Waals surface area contributed by atoms with Crippen molar-refractivity contribution in [2.24, 2.45) is 0 Å². The molecule has 0 saturated carbocycles. The molecular weight excluding hydrogens is 708 g/mol. The molecule has 3 aromatic heterocycles. The number of nitrogens with one attached hydrogen (secondary N) is 2. The number of nitrogens with zero attached hydrogens (tertiary/aromatic N) is 5. The fourth-order valence-electron chi connectivity index (χ4n) is 6.55. The SMILES string of the molecule is O=C(Cn1c(Cl)cnc(NCC(F)(F)c2ccccn2)c1=O)NCc1ccccc1-c1cn(C(c2ccccc2)(c2ccccc2)c2ccccc2)cn1. The number of halogens is 3. The Hall–Kier alpha value is -6.46. The first-order valence-electron chi connectivity index (χ1n) is 17.1. The summed E-state index contributed by atoms with van der Waals surface area (Å²) in [7, 11) is 0. The highest BCUT2D eigenvalue weighted by molar-refractivity contribution is 6.29. The second kappa shape index (κ2) is 15.6. The van der Waals surface area contributed by atoms with Crippen LogP contribution in [0.15, 0.2) is 163 Å². The van der Waals surface area contributed by atoms with Crippen LogP contribution in [0.1, 0.15) is 27.9 Å². The van der Waals surface area contributed by atoms with E-state index >= 15 is 0 Å². The number of pyridine rings is 1. The summed E-state index contributed by atoms with van der Waals surface area (Å²) in [5, 5.41) is 5.13. The Morgan fingerprint density at radius 2 is 1.33 bits per heavy atom. The number of hydrogen-bond donors (Lipinski definition) is 2. The monoisotopic (exact) mass is 741 g/mol. The molecule has 270 valence electrons. The Kier molecular flexibility index (Phi) is 10.4. The molecule has 0 radical (unpaired) electrons. The van der Waals surface area contributed by atoms with Crippen molar-refractivity contribution in [3.8, 4) is 11.3 Å². The third-order valence-electron chi connectivity index (χ3n) is 9.14. The molecule has 3 heterocycles. The number of aromatic nitrogens is 5. The first-order chi connectivity index (χ1) is 26.3. The highest BCUT2D eigenvalue weighted by atomic mass is 35.5. The van der Waals surface area contributed by atoms with Crippen molar-refractivity contribution < 1.29 is 13.6 Å². The maximum atomic E-state index is 14.7. The highest BCUT2D eigenvalue weighted by Gasteiger charge is 2.38. The zero-order chi connectivity index (χ0) is 37.5. The average molecular weight is 742 g/mol. The zero-order valence-corrected chi connectivity index (χ0v) is 29.6. The minimum absolute atomic E-state index is 0.113. The van der Waals surface area contributed by atoms with Crippen LogP contribution in [0.4, 0.5) is 14.6 Å². The van der Waals surface area contributed by atoms with Crippen LogP contribution in [0.2, 0.25) is 5.15 Å². The normalized spacial score (nSPS) is 11.6. The molecule has 9 nitrogen and oxygen atoms in total. The molecule has 2 N–H and O–H groups in total. The Labute approximate surface area is 315 Å². The van der Waals surface area contributed by atoms with E-state index in [0.29, 0.717) is 5.69 Å². The van der Waals surface area contributed by atoms with Crippen LogP contribution in [0, 0.1) is 0 Å². The molecule has 7 rings (SSSR count). The van der Waals surface area contributed by atoms with Crippen LogP contribution in [-0.4, -0.2) is 36.5 Å². The van der Waals surface area contributed by atoms with Gasteiger partial charge in [-0.3, -0.25) is 19.1 Å². The van der Waals surface area contributed by atoms with Gasteiger partial charge in [-0.05, 0) is 34.4 Å². The molecule has 7 aromatic rings. The van der Waals surface area contributed by atoms with E-state index < -0.39 is 41.7 Å². The largest absolute Gasteiger partial charge is 0.359 e. The number of carbonyl (C=O) groups excluding carboxylic acids is 1. The summed E-state index contributed by atoms with van der Waals surface area (Å²) in [4.78, 5) is 38.9. The van der Waals surface area contributed by atoms with E-state index in [0.717, 1.165) is 38.6 Å². The molecule has 12 heteroatoms. The van der Waals surface area contributed by atoms with E-state index in [9.17, 15) is 18.4 Å². The topological polar surface area (TPSA) is 107 Å². The first kappa shape index (κ1) is 35.9. The van der Waals surface area contributed by atoms with E-state index in [-0.39, 0.29) is 17.5 Å². The van der Waals surface area contributed by atoms with E-state index in [1.54, 1.807) is 0 Å². The van der Waals surface area contributed by atoms with E-state index in [4.69, 9.17) is 16.6 Å². The summed E-state index contributed by atoms with van der Waals surface area (Å²) in [6.45, 7) is -1.28. The van der Waals surface area contributed by atoms with Gasteiger partial charge in [0, 0.05) is 24.5 Å². The van der Waals surface area contributed by atoms with Gasteiger partial charge >= 0.3 is 5.92 Å². The van der Waals surface area contributed by atoms with Crippen molar-refractivity contribution in [1.82, 2.24) is 29.4 Å². The van der Waals surface area contributed by atoms with Crippen LogP contribution in [0.25, 0.3) is 11.3 Å². The summed E-state index contributed by atoms with van der Waals surface area (Å²) in [5.41, 5.74) is 3.41. The lowest BCUT2D eigenvalue weighted by atomic mass is 9.77. The third-order valence-corrected chi connectivity index (χ3v) is 9.44. The summed E-state index contributed by atoms with van der Waals surface area (Å²) < 4.78 is 32.5. The molecule has 0 unspecified atom stereocenters. The first-order valence-corrected chi connectivity index (χ1v) is 17.5. The van der Waals surface area contributed by atoms with Crippen LogP contribution >= 0.6 is 11.6 Å². The minimum Gasteiger partial charge on any atom is -0.359 e. The lowest BCUT2D eigenvalue weighted by molar-refractivity contribution is -0.121. The quantitative estimate of drug-likeness (QED) is 0.119. The van der Waals surface area contributed by atoms with Gasteiger partial charge in [-0.2, -0.15) is 8.78 Å². The van der Waals surface area contributed by atoms with Crippen molar-refractivity contribution in [2.75, 3.05) is 11.9 Å². The maximum Gasteiger partial charge on any atom is 0.306 e. The van der Waals surface area contributed by atoms with Gasteiger partial charge in [0.15, 0.2) is 5.82 Å². The van der Waals surface area contributed by atoms with Crippen molar-refractivity contribution in [1.29, 1.82) is 0 Å². The highest BCUT2D eigenvalue weighted by Crippen LogP contribution is 2.41. The molecule has 0 saturated heterocycles. The van der Waals surface area contributed by atoms with Crippen molar-refractivity contribution >= 4 is 23.3 Å². The number of rotatable bonds is 13. The Morgan fingerprint density at radius 1 is 0.741 bits per heavy atom. The van der Waals surface area contributed by atoms with Crippen LogP contribution < -0.4 is 16.2 Å². The molecule has 4 aromatic carbocycles. The van der Waals surface area contributed by atoms with Gasteiger partial charge in [0.25, 0.3) is 5.56 Å². The summed E-state index contributed by atoms with van der Waals surface area (Å²) in [5.74, 6) is -4.28. The molecule has 0 bridgehead atoms. The number of benzene rings is 4. The molecule has 1 amide bonds. The Morgan fingerprint density at radius 3 is 1.94 bits per heavy atom. The van der Waals surface area contributed by atoms with Crippen molar-refractivity contribution in [3.63, 3.8) is 0 Å². The average Bonchev–Trinajstić information content (AvgIpc) is 3.71. The molecule has 0 aliphatic heterocycles. The molecule has 54 heavy (non-hydrogen) atoms. The predicted molar refractivity (Wildman–Crippen MR) is 204 cm³/mol. The van der Waals surface area contributed by atoms with Gasteiger partial charge in [-0.15, -0.1) is 0 Å². The smallest absolute Gasteiger partial charge is 0.306 e. The number of anilines is 1. The second-order valence-corrected chi connectivity index (χ2v) is 12.9. The number of imidazole rings is 1. The van der Waals surface area contributed by atoms with Crippen molar-refractivity contribution in [3.05, 3.63) is 202 Å². The van der Waals surface area contributed by atoms with E-state index in [1.165, 1.54) is 24.4 Å². The number of hydrogen-bond acceptors (Lipinski definition) is 6. The molecule has 0 aliphatic rings. The standard InChI is InChI=1S/C42H34ClF2N7O2/c43-37-25-48-39(49-28-41(44,45)36-22-12-13-23-46-36)40(54)52(37)27-38(53)47-24-30-14-10-11-21-34(30)35-26-51(29-50-35)42(31-15-4-1-5-16-31,32-17-6-2-7-18-32)33-19-8-3-9-20-33/h1-23,25-26,29H,24,27-28H2,(H,47,53)(H,48,49). The molecular formula is C42H34ClF2N7O2. The molecule has 0 atom stereocenters. The summed E-state index contributed by atoms with van der Waals surface area (Å²) in [6, 6.07) is 42.6. The van der Waals surface area contributed by atoms with Gasteiger partial charge in [0.2, 0.25) is 5.91 Å². The Balaban J connectivity index is 1.13. The predicted octanol–water partition coefficient (Wildman–Crippen LogP) is 7.52. The molecule has 0 spiro atoms. The van der Waals surface area contributed by atoms with Gasteiger partial charge in [-0.25, -0.2) is 9.97 Å². The third kappa shape index (κ3) is 7.26. The van der Waals surface area contributed by atoms with E-state index in [1.807, 2.05) is 91.4 Å². The second-order valence-electron chi connectivity index (χ2n) is 12.5. The number of carbonyl (C=O) groups is 1. The minimum atomic E-state index is -3.38. The van der Waals surface area contributed by atoms with E-state index in [2.05, 4.69) is 61.6 Å². The Bertz CT molecular complexity index is 2310. The molecule has 0 fully saturated rings. The number of amides is 1. The van der Waals surface area contributed by atoms with Crippen molar-refractivity contribution in [2.45, 2.75) is 24.6 Å². The molecule has 0 aliphatic carbocycles. The van der Waals surface area contributed by atoms with Gasteiger partial charge in [0.05, 0.1) is 24.8 Å². The van der Waals surface area contributed by atoms with Crippen LogP contribution in [-0.2, 0) is 29.3 Å². The lowest BCUT2D eigenvalue weighted by Gasteiger charge is -2.37. The van der Waals surface area contributed by atoms with Gasteiger partial charge in [-0.1, -0.05) is 133 Å². The fourth-order valence-corrected chi connectivity index (χ4v) is 6.73. The van der Waals surface area contributed by atoms with Gasteiger partial charge < -0.3 is 15.2 Å².